The third kappa shape index (κ3) is 2.93. The Morgan fingerprint density at radius 3 is 2.86 bits per heavy atom. The van der Waals surface area contributed by atoms with Crippen LogP contribution in [0.25, 0.3) is 0 Å². The number of hydrogen-bond acceptors (Lipinski definition) is 3. The van der Waals surface area contributed by atoms with Gasteiger partial charge < -0.3 is 14.5 Å². The Bertz CT molecular complexity index is 573. The molecule has 2 aliphatic heterocycles. The maximum atomic E-state index is 12.5. The SMILES string of the molecule is COc1cccc(C2CCN2C(=O)CN2CCCCC2=O)c1. The second-order valence-electron chi connectivity index (χ2n) is 5.94. The van der Waals surface area contributed by atoms with E-state index in [-0.39, 0.29) is 24.4 Å². The van der Waals surface area contributed by atoms with E-state index in [0.717, 1.165) is 37.1 Å². The van der Waals surface area contributed by atoms with Gasteiger partial charge in [-0.25, -0.2) is 0 Å². The lowest BCUT2D eigenvalue weighted by atomic mass is 9.94. The molecule has 2 heterocycles. The number of carbonyl (C=O) groups excluding carboxylic acids is 2. The molecule has 118 valence electrons. The Kier molecular flexibility index (Phi) is 4.32. The molecule has 1 aromatic rings. The molecule has 0 aliphatic carbocycles. The van der Waals surface area contributed by atoms with Crippen molar-refractivity contribution in [2.45, 2.75) is 31.7 Å². The lowest BCUT2D eigenvalue weighted by Gasteiger charge is -2.42. The van der Waals surface area contributed by atoms with E-state index in [2.05, 4.69) is 0 Å². The number of likely N-dealkylation sites (tertiary alicyclic amines) is 2. The van der Waals surface area contributed by atoms with Crippen molar-refractivity contribution in [1.82, 2.24) is 9.80 Å². The van der Waals surface area contributed by atoms with E-state index in [1.807, 2.05) is 29.2 Å². The fourth-order valence-electron chi connectivity index (χ4n) is 3.16. The van der Waals surface area contributed by atoms with E-state index in [1.54, 1.807) is 12.0 Å². The van der Waals surface area contributed by atoms with Gasteiger partial charge in [-0.3, -0.25) is 9.59 Å². The highest BCUT2D eigenvalue weighted by Crippen LogP contribution is 2.34. The van der Waals surface area contributed by atoms with Crippen LogP contribution in [0.5, 0.6) is 5.75 Å². The molecule has 3 rings (SSSR count). The number of nitrogens with zero attached hydrogens (tertiary/aromatic N) is 2. The summed E-state index contributed by atoms with van der Waals surface area (Å²) in [5.74, 6) is 0.968. The van der Waals surface area contributed by atoms with Gasteiger partial charge in [0.25, 0.3) is 0 Å². The Hall–Kier alpha value is -2.04. The molecule has 0 aromatic heterocycles. The molecule has 1 unspecified atom stereocenters. The number of methoxy groups -OCH3 is 1. The summed E-state index contributed by atoms with van der Waals surface area (Å²) in [6.45, 7) is 1.70. The summed E-state index contributed by atoms with van der Waals surface area (Å²) < 4.78 is 5.25. The van der Waals surface area contributed by atoms with E-state index in [0.29, 0.717) is 13.0 Å². The van der Waals surface area contributed by atoms with E-state index in [9.17, 15) is 9.59 Å². The normalized spacial score (nSPS) is 21.5. The molecule has 1 atom stereocenters. The number of piperidine rings is 1. The first-order valence-electron chi connectivity index (χ1n) is 7.90. The Balaban J connectivity index is 1.64. The van der Waals surface area contributed by atoms with E-state index < -0.39 is 0 Å². The van der Waals surface area contributed by atoms with E-state index in [4.69, 9.17) is 4.74 Å². The van der Waals surface area contributed by atoms with Crippen LogP contribution in [0, 0.1) is 0 Å². The minimum Gasteiger partial charge on any atom is -0.497 e. The maximum absolute atomic E-state index is 12.5. The molecule has 2 aliphatic rings. The number of ether oxygens (including phenoxy) is 1. The van der Waals surface area contributed by atoms with E-state index in [1.165, 1.54) is 0 Å². The van der Waals surface area contributed by atoms with Crippen LogP contribution < -0.4 is 4.74 Å². The zero-order valence-corrected chi connectivity index (χ0v) is 13.0. The summed E-state index contributed by atoms with van der Waals surface area (Å²) in [7, 11) is 1.64. The highest BCUT2D eigenvalue weighted by molar-refractivity contribution is 5.85. The number of hydrogen-bond donors (Lipinski definition) is 0. The molecule has 0 N–H and O–H groups in total. The largest absolute Gasteiger partial charge is 0.497 e. The molecular formula is C17H22N2O3. The summed E-state index contributed by atoms with van der Waals surface area (Å²) >= 11 is 0. The lowest BCUT2D eigenvalue weighted by Crippen LogP contribution is -2.50. The van der Waals surface area contributed by atoms with Gasteiger partial charge in [0, 0.05) is 19.5 Å². The molecule has 2 fully saturated rings. The molecule has 0 spiro atoms. The zero-order valence-electron chi connectivity index (χ0n) is 13.0. The molecule has 0 radical (unpaired) electrons. The van der Waals surface area contributed by atoms with Crippen LogP contribution in [0.4, 0.5) is 0 Å². The van der Waals surface area contributed by atoms with Gasteiger partial charge in [0.05, 0.1) is 19.7 Å². The second-order valence-corrected chi connectivity index (χ2v) is 5.94. The fourth-order valence-corrected chi connectivity index (χ4v) is 3.16. The van der Waals surface area contributed by atoms with Gasteiger partial charge in [0.2, 0.25) is 11.8 Å². The van der Waals surface area contributed by atoms with Gasteiger partial charge in [-0.15, -0.1) is 0 Å². The van der Waals surface area contributed by atoms with Crippen molar-refractivity contribution in [2.24, 2.45) is 0 Å². The summed E-state index contributed by atoms with van der Waals surface area (Å²) in [6.07, 6.45) is 3.48. The summed E-state index contributed by atoms with van der Waals surface area (Å²) in [4.78, 5) is 27.9. The molecule has 5 heteroatoms. The monoisotopic (exact) mass is 302 g/mol. The van der Waals surface area contributed by atoms with E-state index >= 15 is 0 Å². The van der Waals surface area contributed by atoms with Crippen LogP contribution in [0.3, 0.4) is 0 Å². The first kappa shape index (κ1) is 14.9. The molecule has 0 saturated carbocycles. The van der Waals surface area contributed by atoms with Gasteiger partial charge in [-0.2, -0.15) is 0 Å². The van der Waals surface area contributed by atoms with Crippen LogP contribution in [-0.2, 0) is 9.59 Å². The Labute approximate surface area is 130 Å². The molecule has 0 bridgehead atoms. The van der Waals surface area contributed by atoms with Crippen molar-refractivity contribution in [1.29, 1.82) is 0 Å². The summed E-state index contributed by atoms with van der Waals surface area (Å²) in [6, 6.07) is 7.97. The Morgan fingerprint density at radius 1 is 1.32 bits per heavy atom. The molecule has 5 nitrogen and oxygen atoms in total. The average molecular weight is 302 g/mol. The lowest BCUT2D eigenvalue weighted by molar-refractivity contribution is -0.146. The van der Waals surface area contributed by atoms with Crippen LogP contribution >= 0.6 is 0 Å². The van der Waals surface area contributed by atoms with Crippen LogP contribution in [0.1, 0.15) is 37.3 Å². The van der Waals surface area contributed by atoms with Gasteiger partial charge >= 0.3 is 0 Å². The van der Waals surface area contributed by atoms with Crippen LogP contribution in [-0.4, -0.2) is 48.4 Å². The molecule has 2 amide bonds. The van der Waals surface area contributed by atoms with Crippen molar-refractivity contribution in [2.75, 3.05) is 26.7 Å². The predicted molar refractivity (Wildman–Crippen MR) is 82.5 cm³/mol. The molecule has 1 aromatic carbocycles. The number of amides is 2. The smallest absolute Gasteiger partial charge is 0.242 e. The van der Waals surface area contributed by atoms with Gasteiger partial charge in [-0.05, 0) is 37.0 Å². The number of rotatable bonds is 4. The molecule has 22 heavy (non-hydrogen) atoms. The van der Waals surface area contributed by atoms with Gasteiger partial charge in [0.15, 0.2) is 0 Å². The van der Waals surface area contributed by atoms with Crippen molar-refractivity contribution >= 4 is 11.8 Å². The first-order valence-corrected chi connectivity index (χ1v) is 7.90. The third-order valence-electron chi connectivity index (χ3n) is 4.57. The average Bonchev–Trinajstić information content (AvgIpc) is 2.49. The zero-order chi connectivity index (χ0) is 15.5. The van der Waals surface area contributed by atoms with Crippen molar-refractivity contribution in [3.05, 3.63) is 29.8 Å². The topological polar surface area (TPSA) is 49.9 Å². The van der Waals surface area contributed by atoms with Crippen molar-refractivity contribution < 1.29 is 14.3 Å². The standard InChI is InChI=1S/C17H22N2O3/c1-22-14-6-4-5-13(11-14)15-8-10-19(15)17(21)12-18-9-3-2-7-16(18)20/h4-6,11,15H,2-3,7-10,12H2,1H3. The minimum absolute atomic E-state index is 0.0503. The predicted octanol–water partition coefficient (Wildman–Crippen LogP) is 1.98. The minimum atomic E-state index is 0.0503. The van der Waals surface area contributed by atoms with Gasteiger partial charge in [0.1, 0.15) is 5.75 Å². The summed E-state index contributed by atoms with van der Waals surface area (Å²) in [5, 5.41) is 0. The van der Waals surface area contributed by atoms with Gasteiger partial charge in [-0.1, -0.05) is 12.1 Å². The van der Waals surface area contributed by atoms with Crippen molar-refractivity contribution in [3.8, 4) is 5.75 Å². The highest BCUT2D eigenvalue weighted by Gasteiger charge is 2.34. The molecule has 2 saturated heterocycles. The van der Waals surface area contributed by atoms with Crippen LogP contribution in [0.15, 0.2) is 24.3 Å². The number of benzene rings is 1. The fraction of sp³-hybridized carbons (Fsp3) is 0.529. The Morgan fingerprint density at radius 2 is 2.18 bits per heavy atom. The number of carbonyl (C=O) groups is 2. The van der Waals surface area contributed by atoms with Crippen molar-refractivity contribution in [3.63, 3.8) is 0 Å². The van der Waals surface area contributed by atoms with Crippen LogP contribution in [0.2, 0.25) is 0 Å². The first-order chi connectivity index (χ1) is 10.7. The maximum Gasteiger partial charge on any atom is 0.242 e. The molecular weight excluding hydrogens is 280 g/mol. The second kappa shape index (κ2) is 6.38. The third-order valence-corrected chi connectivity index (χ3v) is 4.57. The highest BCUT2D eigenvalue weighted by atomic mass is 16.5. The quantitative estimate of drug-likeness (QED) is 0.854. The summed E-state index contributed by atoms with van der Waals surface area (Å²) in [5.41, 5.74) is 1.10.